The molecule has 3 rings (SSSR count). The summed E-state index contributed by atoms with van der Waals surface area (Å²) in [5.74, 6) is -0.141. The average molecular weight is 444 g/mol. The summed E-state index contributed by atoms with van der Waals surface area (Å²) in [4.78, 5) is 16.6. The van der Waals surface area contributed by atoms with Gasteiger partial charge in [0, 0.05) is 25.0 Å². The van der Waals surface area contributed by atoms with Crippen LogP contribution in [0.3, 0.4) is 0 Å². The molecule has 3 N–H and O–H groups in total. The number of amides is 1. The Morgan fingerprint density at radius 2 is 1.91 bits per heavy atom. The van der Waals surface area contributed by atoms with Crippen molar-refractivity contribution in [3.63, 3.8) is 0 Å². The van der Waals surface area contributed by atoms with E-state index >= 15 is 0 Å². The summed E-state index contributed by atoms with van der Waals surface area (Å²) in [6.07, 6.45) is 7.55. The fourth-order valence-corrected chi connectivity index (χ4v) is 3.81. The second-order valence-corrected chi connectivity index (χ2v) is 8.33. The van der Waals surface area contributed by atoms with E-state index in [-0.39, 0.29) is 11.9 Å². The van der Waals surface area contributed by atoms with E-state index in [1.807, 2.05) is 49.0 Å². The van der Waals surface area contributed by atoms with Gasteiger partial charge in [0.15, 0.2) is 0 Å². The van der Waals surface area contributed by atoms with Gasteiger partial charge in [-0.3, -0.25) is 14.5 Å². The van der Waals surface area contributed by atoms with E-state index in [1.165, 1.54) is 5.56 Å². The number of nitrogens with two attached hydrogens (primary N) is 1. The standard InChI is InChI=1S/C27H33N5O/c1-5-6-21-7-9-22(10-8-21)17-32-18-26(20(3)31-32)27(33)30-16-23-11-12-25(19(2)28)24(15-23)13-14-29-4/h7-15,18-19H,4-6,16-17,28H2,1-3H3,(H,30,33)/b14-13-. The highest BCUT2D eigenvalue weighted by Crippen LogP contribution is 2.20. The molecule has 0 aliphatic heterocycles. The molecule has 1 heterocycles. The molecule has 6 nitrogen and oxygen atoms in total. The van der Waals surface area contributed by atoms with Crippen molar-refractivity contribution >= 4 is 18.7 Å². The molecule has 1 aromatic heterocycles. The molecule has 172 valence electrons. The van der Waals surface area contributed by atoms with E-state index in [0.717, 1.165) is 35.1 Å². The van der Waals surface area contributed by atoms with E-state index in [9.17, 15) is 4.79 Å². The van der Waals surface area contributed by atoms with Crippen LogP contribution in [-0.2, 0) is 19.5 Å². The highest BCUT2D eigenvalue weighted by atomic mass is 16.1. The van der Waals surface area contributed by atoms with Gasteiger partial charge in [0.25, 0.3) is 5.91 Å². The van der Waals surface area contributed by atoms with E-state index in [0.29, 0.717) is 24.3 Å². The molecule has 33 heavy (non-hydrogen) atoms. The third-order valence-electron chi connectivity index (χ3n) is 5.55. The van der Waals surface area contributed by atoms with Crippen LogP contribution in [0.25, 0.3) is 6.08 Å². The Balaban J connectivity index is 1.67. The summed E-state index contributed by atoms with van der Waals surface area (Å²) < 4.78 is 1.82. The Kier molecular flexibility index (Phi) is 8.33. The molecule has 1 unspecified atom stereocenters. The van der Waals surface area contributed by atoms with Crippen LogP contribution < -0.4 is 11.1 Å². The maximum atomic E-state index is 12.8. The lowest BCUT2D eigenvalue weighted by molar-refractivity contribution is 0.0950. The van der Waals surface area contributed by atoms with Crippen LogP contribution in [-0.4, -0.2) is 22.4 Å². The highest BCUT2D eigenvalue weighted by Gasteiger charge is 2.14. The number of nitrogens with one attached hydrogen (secondary N) is 1. The molecule has 3 aromatic rings. The SMILES string of the molecule is C=N/C=C\c1cc(CNC(=O)c2cn(Cc3ccc(CCC)cc3)nc2C)ccc1C(C)N. The summed E-state index contributed by atoms with van der Waals surface area (Å²) in [6, 6.07) is 14.5. The van der Waals surface area contributed by atoms with Gasteiger partial charge in [-0.25, -0.2) is 0 Å². The lowest BCUT2D eigenvalue weighted by Gasteiger charge is -2.12. The minimum atomic E-state index is -0.141. The zero-order valence-corrected chi connectivity index (χ0v) is 19.7. The number of nitrogens with zero attached hydrogens (tertiary/aromatic N) is 3. The van der Waals surface area contributed by atoms with Gasteiger partial charge in [0.2, 0.25) is 0 Å². The molecule has 0 bridgehead atoms. The van der Waals surface area contributed by atoms with Gasteiger partial charge >= 0.3 is 0 Å². The number of carbonyl (C=O) groups excluding carboxylic acids is 1. The number of hydrogen-bond donors (Lipinski definition) is 2. The minimum Gasteiger partial charge on any atom is -0.348 e. The van der Waals surface area contributed by atoms with Crippen molar-refractivity contribution in [1.82, 2.24) is 15.1 Å². The molecule has 6 heteroatoms. The average Bonchev–Trinajstić information content (AvgIpc) is 3.17. The summed E-state index contributed by atoms with van der Waals surface area (Å²) in [6.45, 7) is 10.5. The van der Waals surface area contributed by atoms with E-state index in [1.54, 1.807) is 6.20 Å². The van der Waals surface area contributed by atoms with E-state index < -0.39 is 0 Å². The molecule has 0 aliphatic rings. The lowest BCUT2D eigenvalue weighted by atomic mass is 9.99. The number of aryl methyl sites for hydroxylation is 2. The molecule has 0 aliphatic carbocycles. The molecule has 1 atom stereocenters. The number of benzene rings is 2. The second kappa shape index (κ2) is 11.4. The second-order valence-electron chi connectivity index (χ2n) is 8.33. The van der Waals surface area contributed by atoms with Crippen molar-refractivity contribution in [2.75, 3.05) is 0 Å². The van der Waals surface area contributed by atoms with Crippen LogP contribution in [0.2, 0.25) is 0 Å². The van der Waals surface area contributed by atoms with Crippen molar-refractivity contribution < 1.29 is 4.79 Å². The number of aromatic nitrogens is 2. The van der Waals surface area contributed by atoms with Crippen LogP contribution >= 0.6 is 0 Å². The van der Waals surface area contributed by atoms with Crippen molar-refractivity contribution in [2.45, 2.75) is 52.7 Å². The van der Waals surface area contributed by atoms with Gasteiger partial charge in [-0.15, -0.1) is 0 Å². The van der Waals surface area contributed by atoms with Gasteiger partial charge < -0.3 is 11.1 Å². The van der Waals surface area contributed by atoms with Crippen LogP contribution in [0.4, 0.5) is 0 Å². The Morgan fingerprint density at radius 1 is 1.21 bits per heavy atom. The summed E-state index contributed by atoms with van der Waals surface area (Å²) in [7, 11) is 0. The Bertz CT molecular complexity index is 1130. The van der Waals surface area contributed by atoms with Gasteiger partial charge in [0.05, 0.1) is 17.8 Å². The molecule has 0 fully saturated rings. The molecule has 1 amide bonds. The summed E-state index contributed by atoms with van der Waals surface area (Å²) in [5.41, 5.74) is 12.8. The highest BCUT2D eigenvalue weighted by molar-refractivity contribution is 5.95. The third-order valence-corrected chi connectivity index (χ3v) is 5.55. The topological polar surface area (TPSA) is 85.3 Å². The predicted octanol–water partition coefficient (Wildman–Crippen LogP) is 4.81. The maximum Gasteiger partial charge on any atom is 0.255 e. The number of aliphatic imine (C=N–C) groups is 1. The van der Waals surface area contributed by atoms with Gasteiger partial charge in [0.1, 0.15) is 0 Å². The van der Waals surface area contributed by atoms with Crippen LogP contribution in [0.1, 0.15) is 70.2 Å². The van der Waals surface area contributed by atoms with Crippen LogP contribution in [0.5, 0.6) is 0 Å². The molecule has 0 saturated carbocycles. The van der Waals surface area contributed by atoms with Crippen molar-refractivity contribution in [3.8, 4) is 0 Å². The number of rotatable bonds is 10. The first-order valence-corrected chi connectivity index (χ1v) is 11.3. The summed E-state index contributed by atoms with van der Waals surface area (Å²) >= 11 is 0. The summed E-state index contributed by atoms with van der Waals surface area (Å²) in [5, 5.41) is 7.54. The Hall–Kier alpha value is -3.51. The van der Waals surface area contributed by atoms with Gasteiger partial charge in [-0.05, 0) is 66.9 Å². The molecule has 0 spiro atoms. The number of hydrogen-bond acceptors (Lipinski definition) is 4. The lowest BCUT2D eigenvalue weighted by Crippen LogP contribution is -2.23. The Morgan fingerprint density at radius 3 is 2.58 bits per heavy atom. The fourth-order valence-electron chi connectivity index (χ4n) is 3.81. The quantitative estimate of drug-likeness (QED) is 0.441. The van der Waals surface area contributed by atoms with Crippen molar-refractivity contribution in [3.05, 3.63) is 93.9 Å². The monoisotopic (exact) mass is 443 g/mol. The predicted molar refractivity (Wildman–Crippen MR) is 135 cm³/mol. The fraction of sp³-hybridized carbons (Fsp3) is 0.296. The van der Waals surface area contributed by atoms with Gasteiger partial charge in [-0.1, -0.05) is 49.7 Å². The van der Waals surface area contributed by atoms with E-state index in [4.69, 9.17) is 5.73 Å². The zero-order valence-electron chi connectivity index (χ0n) is 19.7. The smallest absolute Gasteiger partial charge is 0.255 e. The van der Waals surface area contributed by atoms with Crippen LogP contribution in [0, 0.1) is 6.92 Å². The third kappa shape index (κ3) is 6.49. The largest absolute Gasteiger partial charge is 0.348 e. The first-order chi connectivity index (χ1) is 15.9. The number of carbonyl (C=O) groups is 1. The maximum absolute atomic E-state index is 12.8. The van der Waals surface area contributed by atoms with Gasteiger partial charge in [-0.2, -0.15) is 5.10 Å². The van der Waals surface area contributed by atoms with Crippen molar-refractivity contribution in [2.24, 2.45) is 10.7 Å². The normalized spacial score (nSPS) is 12.1. The first-order valence-electron chi connectivity index (χ1n) is 11.3. The molecular formula is C27H33N5O. The minimum absolute atomic E-state index is 0.102. The van der Waals surface area contributed by atoms with Crippen LogP contribution in [0.15, 0.2) is 59.9 Å². The zero-order chi connectivity index (χ0) is 23.8. The molecule has 0 radical (unpaired) electrons. The van der Waals surface area contributed by atoms with E-state index in [2.05, 4.69) is 53.3 Å². The molecule has 2 aromatic carbocycles. The van der Waals surface area contributed by atoms with Crippen molar-refractivity contribution in [1.29, 1.82) is 0 Å². The molecule has 0 saturated heterocycles. The Labute approximate surface area is 196 Å². The molecular weight excluding hydrogens is 410 g/mol. The first kappa shape index (κ1) is 24.1.